The second-order valence-electron chi connectivity index (χ2n) is 8.51. The molecular formula is C27H33N5O3S. The zero-order chi connectivity index (χ0) is 26.1. The fourth-order valence-corrected chi connectivity index (χ4v) is 4.46. The number of aryl methyl sites for hydroxylation is 1. The quantitative estimate of drug-likeness (QED) is 0.267. The molecule has 1 unspecified atom stereocenters. The molecular weight excluding hydrogens is 474 g/mol. The van der Waals surface area contributed by atoms with Crippen LogP contribution < -0.4 is 15.4 Å². The van der Waals surface area contributed by atoms with E-state index in [9.17, 15) is 9.59 Å². The third kappa shape index (κ3) is 6.75. The summed E-state index contributed by atoms with van der Waals surface area (Å²) in [7, 11) is 1.58. The monoisotopic (exact) mass is 507 g/mol. The molecule has 2 aromatic carbocycles. The Balaban J connectivity index is 1.75. The van der Waals surface area contributed by atoms with Gasteiger partial charge < -0.3 is 19.9 Å². The zero-order valence-corrected chi connectivity index (χ0v) is 22.0. The summed E-state index contributed by atoms with van der Waals surface area (Å²) in [6.07, 6.45) is 2.58. The first-order valence-electron chi connectivity index (χ1n) is 11.9. The van der Waals surface area contributed by atoms with Gasteiger partial charge in [0.25, 0.3) is 5.91 Å². The van der Waals surface area contributed by atoms with Gasteiger partial charge in [-0.1, -0.05) is 56.8 Å². The molecule has 2 N–H and O–H groups in total. The number of para-hydroxylation sites is 1. The van der Waals surface area contributed by atoms with E-state index in [1.54, 1.807) is 37.5 Å². The molecule has 36 heavy (non-hydrogen) atoms. The molecule has 0 saturated heterocycles. The van der Waals surface area contributed by atoms with Crippen LogP contribution in [0.5, 0.6) is 5.75 Å². The van der Waals surface area contributed by atoms with Crippen LogP contribution in [0.4, 0.5) is 5.69 Å². The highest BCUT2D eigenvalue weighted by atomic mass is 32.2. The number of hydrogen-bond donors (Lipinski definition) is 2. The number of benzene rings is 2. The van der Waals surface area contributed by atoms with Crippen LogP contribution in [0.25, 0.3) is 0 Å². The average Bonchev–Trinajstić information content (AvgIpc) is 3.28. The number of allylic oxidation sites excluding steroid dienone is 1. The lowest BCUT2D eigenvalue weighted by Gasteiger charge is -2.22. The van der Waals surface area contributed by atoms with Gasteiger partial charge in [-0.25, -0.2) is 0 Å². The number of rotatable bonds is 12. The SMILES string of the molecule is C=CCn1c(SCC(=O)Nc2ccccc2CC)nnc1C(NC(=O)c1ccc(OC)cc1)C(C)C. The van der Waals surface area contributed by atoms with Crippen molar-refractivity contribution in [1.29, 1.82) is 0 Å². The van der Waals surface area contributed by atoms with Crippen molar-refractivity contribution < 1.29 is 14.3 Å². The van der Waals surface area contributed by atoms with Crippen LogP contribution in [0.1, 0.15) is 48.6 Å². The summed E-state index contributed by atoms with van der Waals surface area (Å²) in [4.78, 5) is 25.6. The van der Waals surface area contributed by atoms with Crippen LogP contribution in [0.15, 0.2) is 66.3 Å². The molecule has 0 aliphatic rings. The summed E-state index contributed by atoms with van der Waals surface area (Å²) >= 11 is 1.30. The average molecular weight is 508 g/mol. The van der Waals surface area contributed by atoms with Gasteiger partial charge in [0.2, 0.25) is 5.91 Å². The number of nitrogens with zero attached hydrogens (tertiary/aromatic N) is 3. The maximum atomic E-state index is 13.0. The molecule has 2 amide bonds. The Labute approximate surface area is 216 Å². The minimum absolute atomic E-state index is 0.0478. The van der Waals surface area contributed by atoms with Crippen molar-refractivity contribution in [2.75, 3.05) is 18.2 Å². The maximum absolute atomic E-state index is 13.0. The summed E-state index contributed by atoms with van der Waals surface area (Å²) < 4.78 is 7.07. The number of ether oxygens (including phenoxy) is 1. The fraction of sp³-hybridized carbons (Fsp3) is 0.333. The van der Waals surface area contributed by atoms with Crippen molar-refractivity contribution in [2.24, 2.45) is 5.92 Å². The third-order valence-corrected chi connectivity index (χ3v) is 6.61. The second kappa shape index (κ2) is 12.9. The molecule has 0 aliphatic carbocycles. The van der Waals surface area contributed by atoms with Crippen LogP contribution in [0.3, 0.4) is 0 Å². The minimum Gasteiger partial charge on any atom is -0.497 e. The number of nitrogens with one attached hydrogen (secondary N) is 2. The summed E-state index contributed by atoms with van der Waals surface area (Å²) in [5, 5.41) is 15.4. The molecule has 0 aliphatic heterocycles. The summed E-state index contributed by atoms with van der Waals surface area (Å²) in [6.45, 7) is 10.4. The number of aromatic nitrogens is 3. The maximum Gasteiger partial charge on any atom is 0.251 e. The Morgan fingerprint density at radius 3 is 2.50 bits per heavy atom. The normalized spacial score (nSPS) is 11.7. The summed E-state index contributed by atoms with van der Waals surface area (Å²) in [5.41, 5.74) is 2.43. The first-order valence-corrected chi connectivity index (χ1v) is 12.9. The number of amides is 2. The molecule has 0 spiro atoms. The minimum atomic E-state index is -0.383. The lowest BCUT2D eigenvalue weighted by molar-refractivity contribution is -0.113. The Kier molecular flexibility index (Phi) is 9.69. The molecule has 9 heteroatoms. The number of carbonyl (C=O) groups is 2. The van der Waals surface area contributed by atoms with Crippen LogP contribution in [-0.2, 0) is 17.8 Å². The largest absolute Gasteiger partial charge is 0.497 e. The van der Waals surface area contributed by atoms with Crippen LogP contribution in [0, 0.1) is 5.92 Å². The van der Waals surface area contributed by atoms with Crippen molar-refractivity contribution in [3.63, 3.8) is 0 Å². The highest BCUT2D eigenvalue weighted by Crippen LogP contribution is 2.26. The molecule has 0 saturated carbocycles. The van der Waals surface area contributed by atoms with Crippen LogP contribution in [-0.4, -0.2) is 39.4 Å². The van der Waals surface area contributed by atoms with Gasteiger partial charge in [-0.2, -0.15) is 0 Å². The van der Waals surface area contributed by atoms with E-state index in [4.69, 9.17) is 4.74 Å². The third-order valence-electron chi connectivity index (χ3n) is 5.65. The van der Waals surface area contributed by atoms with Crippen LogP contribution in [0.2, 0.25) is 0 Å². The number of anilines is 1. The first kappa shape index (κ1) is 27.0. The predicted molar refractivity (Wildman–Crippen MR) is 143 cm³/mol. The molecule has 3 rings (SSSR count). The van der Waals surface area contributed by atoms with Gasteiger partial charge in [0.05, 0.1) is 18.9 Å². The fourth-order valence-electron chi connectivity index (χ4n) is 3.70. The molecule has 190 valence electrons. The van der Waals surface area contributed by atoms with Gasteiger partial charge in [-0.05, 0) is 48.2 Å². The Morgan fingerprint density at radius 1 is 1.14 bits per heavy atom. The Bertz CT molecular complexity index is 1190. The highest BCUT2D eigenvalue weighted by Gasteiger charge is 2.26. The zero-order valence-electron chi connectivity index (χ0n) is 21.2. The van der Waals surface area contributed by atoms with Gasteiger partial charge >= 0.3 is 0 Å². The van der Waals surface area contributed by atoms with Crippen molar-refractivity contribution in [3.8, 4) is 5.75 Å². The molecule has 1 atom stereocenters. The van der Waals surface area contributed by atoms with E-state index in [2.05, 4.69) is 34.3 Å². The second-order valence-corrected chi connectivity index (χ2v) is 9.45. The van der Waals surface area contributed by atoms with E-state index in [1.165, 1.54) is 11.8 Å². The summed E-state index contributed by atoms with van der Waals surface area (Å²) in [5.74, 6) is 1.19. The van der Waals surface area contributed by atoms with Crippen molar-refractivity contribution in [3.05, 3.63) is 78.1 Å². The Morgan fingerprint density at radius 2 is 1.86 bits per heavy atom. The highest BCUT2D eigenvalue weighted by molar-refractivity contribution is 7.99. The lowest BCUT2D eigenvalue weighted by atomic mass is 10.0. The molecule has 0 fully saturated rings. The van der Waals surface area contributed by atoms with E-state index in [0.29, 0.717) is 28.8 Å². The van der Waals surface area contributed by atoms with Crippen molar-refractivity contribution in [1.82, 2.24) is 20.1 Å². The van der Waals surface area contributed by atoms with E-state index in [-0.39, 0.29) is 29.5 Å². The van der Waals surface area contributed by atoms with Gasteiger partial charge in [-0.3, -0.25) is 9.59 Å². The van der Waals surface area contributed by atoms with E-state index in [0.717, 1.165) is 17.7 Å². The standard InChI is InChI=1S/C27H33N5O3S/c1-6-16-32-25(24(18(3)4)29-26(34)20-12-14-21(35-5)15-13-20)30-31-27(32)36-17-23(33)28-22-11-9-8-10-19(22)7-2/h6,8-15,18,24H,1,7,16-17H2,2-5H3,(H,28,33)(H,29,34). The first-order chi connectivity index (χ1) is 17.4. The molecule has 0 radical (unpaired) electrons. The number of carbonyl (C=O) groups excluding carboxylic acids is 2. The molecule has 0 bridgehead atoms. The van der Waals surface area contributed by atoms with Gasteiger partial charge in [0.15, 0.2) is 11.0 Å². The van der Waals surface area contributed by atoms with Gasteiger partial charge in [-0.15, -0.1) is 16.8 Å². The van der Waals surface area contributed by atoms with Gasteiger partial charge in [0.1, 0.15) is 5.75 Å². The van der Waals surface area contributed by atoms with E-state index >= 15 is 0 Å². The molecule has 8 nitrogen and oxygen atoms in total. The predicted octanol–water partition coefficient (Wildman–Crippen LogP) is 4.89. The number of hydrogen-bond acceptors (Lipinski definition) is 6. The van der Waals surface area contributed by atoms with Crippen molar-refractivity contribution >= 4 is 29.3 Å². The molecule has 1 heterocycles. The lowest BCUT2D eigenvalue weighted by Crippen LogP contribution is -2.33. The molecule has 1 aromatic heterocycles. The van der Waals surface area contributed by atoms with E-state index < -0.39 is 0 Å². The van der Waals surface area contributed by atoms with Crippen molar-refractivity contribution in [2.45, 2.75) is 44.9 Å². The smallest absolute Gasteiger partial charge is 0.251 e. The van der Waals surface area contributed by atoms with Crippen LogP contribution >= 0.6 is 11.8 Å². The topological polar surface area (TPSA) is 98.1 Å². The Hall–Kier alpha value is -3.59. The van der Waals surface area contributed by atoms with E-state index in [1.807, 2.05) is 42.7 Å². The summed E-state index contributed by atoms with van der Waals surface area (Å²) in [6, 6.07) is 14.3. The number of methoxy groups -OCH3 is 1. The molecule has 3 aromatic rings. The number of thioether (sulfide) groups is 1. The van der Waals surface area contributed by atoms with Gasteiger partial charge in [0, 0.05) is 17.8 Å².